The van der Waals surface area contributed by atoms with Gasteiger partial charge >= 0.3 is 12.3 Å². The van der Waals surface area contributed by atoms with Gasteiger partial charge in [-0.05, 0) is 97.8 Å². The molecule has 0 radical (unpaired) electrons. The second kappa shape index (κ2) is 14.9. The van der Waals surface area contributed by atoms with Gasteiger partial charge in [0.2, 0.25) is 11.8 Å². The van der Waals surface area contributed by atoms with Crippen LogP contribution in [0.2, 0.25) is 5.15 Å². The number of carbonyl (C=O) groups is 2. The highest BCUT2D eigenvalue weighted by Gasteiger charge is 2.62. The third-order valence-corrected chi connectivity index (χ3v) is 9.75. The number of halogens is 4. The van der Waals surface area contributed by atoms with E-state index in [-0.39, 0.29) is 60.1 Å². The Morgan fingerprint density at radius 2 is 1.76 bits per heavy atom. The average molecular weight is 739 g/mol. The predicted octanol–water partition coefficient (Wildman–Crippen LogP) is 8.20. The number of nitrogens with zero attached hydrogens (tertiary/aromatic N) is 5. The first-order valence-corrected chi connectivity index (χ1v) is 17.7. The van der Waals surface area contributed by atoms with Gasteiger partial charge in [-0.3, -0.25) is 9.52 Å². The molecule has 16 heteroatoms. The van der Waals surface area contributed by atoms with Gasteiger partial charge in [-0.25, -0.2) is 19.4 Å². The molecule has 5 rings (SSSR count). The van der Waals surface area contributed by atoms with Crippen LogP contribution >= 0.6 is 23.5 Å². The van der Waals surface area contributed by atoms with Crippen LogP contribution in [0.25, 0.3) is 5.82 Å². The molecule has 2 aliphatic rings. The van der Waals surface area contributed by atoms with Crippen LogP contribution in [0.4, 0.5) is 18.0 Å². The molecular weight excluding hydrogens is 697 g/mol. The van der Waals surface area contributed by atoms with E-state index in [4.69, 9.17) is 25.8 Å². The second-order valence-corrected chi connectivity index (χ2v) is 15.4. The summed E-state index contributed by atoms with van der Waals surface area (Å²) in [5, 5.41) is 4.63. The fraction of sp³-hybridized carbons (Fsp3) is 0.559. The molecule has 1 unspecified atom stereocenters. The topological polar surface area (TPSA) is 121 Å². The molecule has 2 fully saturated rings. The number of aromatic nitrogens is 4. The Labute approximate surface area is 298 Å². The SMILES string of the molecule is CC(C)(C)OC(=O)N1C(CCCOc2cccc(SNC(=O)c3ccc(-n4ccc(OCCC5(C(F)(F)F)CC5)n4)nc3Cl)n2)CCC1(C)C. The Morgan fingerprint density at radius 3 is 2.44 bits per heavy atom. The number of nitrogens with one attached hydrogen (secondary N) is 1. The van der Waals surface area contributed by atoms with Crippen molar-refractivity contribution in [3.8, 4) is 17.6 Å². The fourth-order valence-corrected chi connectivity index (χ4v) is 6.66. The fourth-order valence-electron chi connectivity index (χ4n) is 5.84. The van der Waals surface area contributed by atoms with Crippen molar-refractivity contribution < 1.29 is 37.0 Å². The maximum atomic E-state index is 13.1. The lowest BCUT2D eigenvalue weighted by molar-refractivity contribution is -0.190. The number of ether oxygens (including phenoxy) is 3. The lowest BCUT2D eigenvalue weighted by atomic mass is 10.0. The van der Waals surface area contributed by atoms with Crippen LogP contribution in [0.5, 0.6) is 11.8 Å². The second-order valence-electron chi connectivity index (χ2n) is 14.2. The maximum Gasteiger partial charge on any atom is 0.410 e. The Kier molecular flexibility index (Phi) is 11.2. The summed E-state index contributed by atoms with van der Waals surface area (Å²) in [6, 6.07) is 9.84. The number of pyridine rings is 2. The standard InChI is InChI=1S/C34H42ClF3N6O5S/c1-31(2,3)49-30(46)44-22(13-15-32(44,4)5)8-7-20-47-25-9-6-10-27(40-25)50-42-29(45)23-11-12-24(39-28(23)35)43-19-14-26(41-43)48-21-18-33(16-17-33)34(36,37)38/h6,9-12,14,19,22H,7-8,13,15-18,20-21H2,1-5H3,(H,42,45). The molecule has 0 spiro atoms. The number of amides is 2. The molecule has 11 nitrogen and oxygen atoms in total. The van der Waals surface area contributed by atoms with E-state index in [0.717, 1.165) is 31.2 Å². The van der Waals surface area contributed by atoms with E-state index >= 15 is 0 Å². The Hall–Kier alpha value is -3.72. The molecule has 50 heavy (non-hydrogen) atoms. The molecular formula is C34H42ClF3N6O5S. The number of likely N-dealkylation sites (tertiary alicyclic amines) is 1. The first-order chi connectivity index (χ1) is 23.5. The van der Waals surface area contributed by atoms with E-state index in [0.29, 0.717) is 29.8 Å². The third-order valence-electron chi connectivity index (χ3n) is 8.74. The van der Waals surface area contributed by atoms with Gasteiger partial charge in [0.05, 0.1) is 24.2 Å². The van der Waals surface area contributed by atoms with E-state index < -0.39 is 23.1 Å². The lowest BCUT2D eigenvalue weighted by Crippen LogP contribution is -2.49. The number of hydrogen-bond acceptors (Lipinski definition) is 9. The summed E-state index contributed by atoms with van der Waals surface area (Å²) >= 11 is 7.33. The smallest absolute Gasteiger partial charge is 0.410 e. The van der Waals surface area contributed by atoms with Crippen LogP contribution in [0, 0.1) is 5.41 Å². The van der Waals surface area contributed by atoms with E-state index in [1.165, 1.54) is 29.1 Å². The first-order valence-electron chi connectivity index (χ1n) is 16.5. The molecule has 2 amide bonds. The summed E-state index contributed by atoms with van der Waals surface area (Å²) in [7, 11) is 0. The van der Waals surface area contributed by atoms with Crippen molar-refractivity contribution in [3.05, 3.63) is 53.3 Å². The van der Waals surface area contributed by atoms with Crippen molar-refractivity contribution in [2.24, 2.45) is 5.41 Å². The molecule has 1 N–H and O–H groups in total. The van der Waals surface area contributed by atoms with Gasteiger partial charge in [-0.15, -0.1) is 5.10 Å². The van der Waals surface area contributed by atoms with Crippen LogP contribution in [-0.4, -0.2) is 73.2 Å². The van der Waals surface area contributed by atoms with Gasteiger partial charge in [-0.2, -0.15) is 13.2 Å². The van der Waals surface area contributed by atoms with Gasteiger partial charge in [-0.1, -0.05) is 17.7 Å². The minimum absolute atomic E-state index is 0.0642. The average Bonchev–Trinajstić information content (AvgIpc) is 3.58. The lowest BCUT2D eigenvalue weighted by Gasteiger charge is -2.37. The first kappa shape index (κ1) is 37.5. The number of rotatable bonds is 13. The van der Waals surface area contributed by atoms with Gasteiger partial charge in [0.25, 0.3) is 5.91 Å². The van der Waals surface area contributed by atoms with Gasteiger partial charge in [0, 0.05) is 41.9 Å². The zero-order valence-corrected chi connectivity index (χ0v) is 30.3. The Balaban J connectivity index is 1.07. The number of carbonyl (C=O) groups excluding carboxylic acids is 2. The van der Waals surface area contributed by atoms with Crippen molar-refractivity contribution in [1.29, 1.82) is 0 Å². The minimum atomic E-state index is -4.23. The molecule has 1 saturated heterocycles. The molecule has 0 bridgehead atoms. The van der Waals surface area contributed by atoms with Crippen molar-refractivity contribution in [3.63, 3.8) is 0 Å². The molecule has 3 aromatic rings. The van der Waals surface area contributed by atoms with E-state index in [1.54, 1.807) is 18.2 Å². The van der Waals surface area contributed by atoms with Crippen LogP contribution in [0.3, 0.4) is 0 Å². The quantitative estimate of drug-likeness (QED) is 0.105. The van der Waals surface area contributed by atoms with Crippen LogP contribution in [0.15, 0.2) is 47.6 Å². The zero-order chi connectivity index (χ0) is 36.3. The predicted molar refractivity (Wildman–Crippen MR) is 182 cm³/mol. The summed E-state index contributed by atoms with van der Waals surface area (Å²) in [6.07, 6.45) is 0.395. The van der Waals surface area contributed by atoms with Gasteiger partial charge < -0.3 is 19.1 Å². The summed E-state index contributed by atoms with van der Waals surface area (Å²) in [5.41, 5.74) is -2.37. The highest BCUT2D eigenvalue weighted by molar-refractivity contribution is 7.97. The van der Waals surface area contributed by atoms with Gasteiger partial charge in [0.15, 0.2) is 5.82 Å². The highest BCUT2D eigenvalue weighted by atomic mass is 35.5. The summed E-state index contributed by atoms with van der Waals surface area (Å²) in [4.78, 5) is 36.4. The molecule has 1 atom stereocenters. The monoisotopic (exact) mass is 738 g/mol. The highest BCUT2D eigenvalue weighted by Crippen LogP contribution is 2.59. The summed E-state index contributed by atoms with van der Waals surface area (Å²) in [5.74, 6) is 0.354. The third kappa shape index (κ3) is 9.33. The Bertz CT molecular complexity index is 1680. The van der Waals surface area contributed by atoms with E-state index in [1.807, 2.05) is 25.7 Å². The molecule has 1 saturated carbocycles. The van der Waals surface area contributed by atoms with Crippen LogP contribution in [0.1, 0.15) is 89.9 Å². The largest absolute Gasteiger partial charge is 0.478 e. The van der Waals surface area contributed by atoms with Crippen LogP contribution < -0.4 is 14.2 Å². The molecule has 1 aliphatic carbocycles. The molecule has 3 aromatic heterocycles. The van der Waals surface area contributed by atoms with E-state index in [2.05, 4.69) is 33.6 Å². The van der Waals surface area contributed by atoms with Crippen LogP contribution in [-0.2, 0) is 4.74 Å². The van der Waals surface area contributed by atoms with Crippen molar-refractivity contribution in [2.45, 2.75) is 108 Å². The normalized spacial score (nSPS) is 18.1. The molecule has 4 heterocycles. The minimum Gasteiger partial charge on any atom is -0.478 e. The number of alkyl halides is 3. The van der Waals surface area contributed by atoms with Crippen molar-refractivity contribution >= 4 is 35.5 Å². The number of hydrogen-bond donors (Lipinski definition) is 1. The van der Waals surface area contributed by atoms with Crippen molar-refractivity contribution in [1.82, 2.24) is 29.4 Å². The zero-order valence-electron chi connectivity index (χ0n) is 28.7. The van der Waals surface area contributed by atoms with Gasteiger partial charge in [0.1, 0.15) is 15.8 Å². The summed E-state index contributed by atoms with van der Waals surface area (Å²) < 4.78 is 60.5. The molecule has 1 aliphatic heterocycles. The Morgan fingerprint density at radius 1 is 1.02 bits per heavy atom. The van der Waals surface area contributed by atoms with E-state index in [9.17, 15) is 22.8 Å². The maximum absolute atomic E-state index is 13.1. The summed E-state index contributed by atoms with van der Waals surface area (Å²) in [6.45, 7) is 10.0. The van der Waals surface area contributed by atoms with Crippen molar-refractivity contribution in [2.75, 3.05) is 13.2 Å². The molecule has 272 valence electrons. The molecule has 0 aromatic carbocycles.